The SMILES string of the molecule is Nc1cccn1CCC(NS(=O)(=O)c1cccc2[nH]cc(Cl)c12)C(=O)N1CCC(CO)CC1. The lowest BCUT2D eigenvalue weighted by Crippen LogP contribution is -2.51. The van der Waals surface area contributed by atoms with Gasteiger partial charge in [-0.3, -0.25) is 4.79 Å². The smallest absolute Gasteiger partial charge is 0.242 e. The van der Waals surface area contributed by atoms with E-state index in [1.54, 1.807) is 39.9 Å². The number of hydrogen-bond acceptors (Lipinski definition) is 5. The van der Waals surface area contributed by atoms with Crippen molar-refractivity contribution in [3.63, 3.8) is 0 Å². The third kappa shape index (κ3) is 5.03. The molecule has 1 amide bonds. The number of nitrogen functional groups attached to an aromatic ring is 1. The predicted octanol–water partition coefficient (Wildman–Crippen LogP) is 2.17. The van der Waals surface area contributed by atoms with Crippen molar-refractivity contribution < 1.29 is 18.3 Å². The van der Waals surface area contributed by atoms with Crippen LogP contribution in [0.4, 0.5) is 5.82 Å². The summed E-state index contributed by atoms with van der Waals surface area (Å²) < 4.78 is 31.2. The number of sulfonamides is 1. The Morgan fingerprint density at radius 1 is 1.27 bits per heavy atom. The molecule has 11 heteroatoms. The molecule has 178 valence electrons. The molecule has 3 heterocycles. The minimum Gasteiger partial charge on any atom is -0.396 e. The topological polar surface area (TPSA) is 133 Å². The third-order valence-corrected chi connectivity index (χ3v) is 8.02. The Labute approximate surface area is 197 Å². The molecule has 9 nitrogen and oxygen atoms in total. The van der Waals surface area contributed by atoms with Gasteiger partial charge in [0.15, 0.2) is 0 Å². The van der Waals surface area contributed by atoms with Gasteiger partial charge >= 0.3 is 0 Å². The number of fused-ring (bicyclic) bond motifs is 1. The van der Waals surface area contributed by atoms with Gasteiger partial charge in [0.25, 0.3) is 0 Å². The number of hydrogen-bond donors (Lipinski definition) is 4. The summed E-state index contributed by atoms with van der Waals surface area (Å²) in [5.41, 5.74) is 6.54. The quantitative estimate of drug-likeness (QED) is 0.381. The van der Waals surface area contributed by atoms with Crippen LogP contribution in [-0.2, 0) is 21.4 Å². The van der Waals surface area contributed by atoms with Crippen molar-refractivity contribution in [3.8, 4) is 0 Å². The summed E-state index contributed by atoms with van der Waals surface area (Å²) in [5, 5.41) is 10.1. The molecule has 5 N–H and O–H groups in total. The number of benzene rings is 1. The average Bonchev–Trinajstić information content (AvgIpc) is 3.41. The van der Waals surface area contributed by atoms with E-state index in [9.17, 15) is 18.3 Å². The van der Waals surface area contributed by atoms with Gasteiger partial charge in [-0.15, -0.1) is 0 Å². The number of nitrogens with zero attached hydrogens (tertiary/aromatic N) is 2. The van der Waals surface area contributed by atoms with E-state index < -0.39 is 16.1 Å². The summed E-state index contributed by atoms with van der Waals surface area (Å²) in [5.74, 6) is 0.418. The molecule has 0 radical (unpaired) electrons. The maximum atomic E-state index is 13.4. The summed E-state index contributed by atoms with van der Waals surface area (Å²) in [4.78, 5) is 18.0. The Morgan fingerprint density at radius 3 is 2.70 bits per heavy atom. The van der Waals surface area contributed by atoms with E-state index in [1.165, 1.54) is 12.3 Å². The molecule has 1 fully saturated rings. The van der Waals surface area contributed by atoms with Crippen molar-refractivity contribution in [1.29, 1.82) is 0 Å². The molecule has 1 aliphatic heterocycles. The van der Waals surface area contributed by atoms with E-state index in [-0.39, 0.29) is 29.7 Å². The monoisotopic (exact) mass is 493 g/mol. The first-order valence-corrected chi connectivity index (χ1v) is 12.7. The van der Waals surface area contributed by atoms with Crippen molar-refractivity contribution in [2.45, 2.75) is 36.7 Å². The summed E-state index contributed by atoms with van der Waals surface area (Å²) in [6.07, 6.45) is 4.93. The fourth-order valence-electron chi connectivity index (χ4n) is 4.27. The number of nitrogens with two attached hydrogens (primary N) is 1. The average molecular weight is 494 g/mol. The van der Waals surface area contributed by atoms with Gasteiger partial charge in [-0.2, -0.15) is 4.72 Å². The highest BCUT2D eigenvalue weighted by Crippen LogP contribution is 2.30. The molecular formula is C22H28ClN5O4S. The number of amides is 1. The maximum absolute atomic E-state index is 13.4. The molecule has 1 unspecified atom stereocenters. The lowest BCUT2D eigenvalue weighted by atomic mass is 9.97. The summed E-state index contributed by atoms with van der Waals surface area (Å²) in [6.45, 7) is 1.42. The molecule has 33 heavy (non-hydrogen) atoms. The molecular weight excluding hydrogens is 466 g/mol. The fraction of sp³-hybridized carbons (Fsp3) is 0.409. The van der Waals surface area contributed by atoms with Gasteiger partial charge in [-0.25, -0.2) is 8.42 Å². The van der Waals surface area contributed by atoms with Gasteiger partial charge in [0.1, 0.15) is 11.9 Å². The molecule has 0 saturated carbocycles. The number of rotatable bonds is 8. The number of H-pyrrole nitrogens is 1. The lowest BCUT2D eigenvalue weighted by Gasteiger charge is -2.34. The number of nitrogens with one attached hydrogen (secondary N) is 2. The Balaban J connectivity index is 1.60. The van der Waals surface area contributed by atoms with Crippen LogP contribution in [0.1, 0.15) is 19.3 Å². The lowest BCUT2D eigenvalue weighted by molar-refractivity contribution is -0.134. The van der Waals surface area contributed by atoms with Crippen molar-refractivity contribution in [1.82, 2.24) is 19.2 Å². The summed E-state index contributed by atoms with van der Waals surface area (Å²) in [6, 6.07) is 7.40. The van der Waals surface area contributed by atoms with E-state index in [4.69, 9.17) is 17.3 Å². The fourth-order valence-corrected chi connectivity index (χ4v) is 6.05. The molecule has 2 aromatic heterocycles. The summed E-state index contributed by atoms with van der Waals surface area (Å²) >= 11 is 6.24. The largest absolute Gasteiger partial charge is 0.396 e. The first-order valence-electron chi connectivity index (χ1n) is 10.9. The number of anilines is 1. The highest BCUT2D eigenvalue weighted by molar-refractivity contribution is 7.89. The molecule has 1 saturated heterocycles. The molecule has 1 aliphatic rings. The first kappa shape index (κ1) is 23.6. The van der Waals surface area contributed by atoms with Gasteiger partial charge in [0.2, 0.25) is 15.9 Å². The van der Waals surface area contributed by atoms with Crippen LogP contribution in [0.5, 0.6) is 0 Å². The van der Waals surface area contributed by atoms with Crippen LogP contribution in [0.15, 0.2) is 47.6 Å². The Hall–Kier alpha value is -2.53. The normalized spacial score (nSPS) is 16.4. The van der Waals surface area contributed by atoms with Crippen molar-refractivity contribution in [3.05, 3.63) is 47.7 Å². The number of aryl methyl sites for hydroxylation is 1. The Bertz CT molecular complexity index is 1230. The second-order valence-electron chi connectivity index (χ2n) is 8.36. The predicted molar refractivity (Wildman–Crippen MR) is 127 cm³/mol. The van der Waals surface area contributed by atoms with Crippen molar-refractivity contribution >= 4 is 44.3 Å². The van der Waals surface area contributed by atoms with E-state index >= 15 is 0 Å². The van der Waals surface area contributed by atoms with Crippen LogP contribution >= 0.6 is 11.6 Å². The number of aromatic nitrogens is 2. The summed E-state index contributed by atoms with van der Waals surface area (Å²) in [7, 11) is -4.06. The zero-order valence-electron chi connectivity index (χ0n) is 18.1. The van der Waals surface area contributed by atoms with Gasteiger partial charge in [0.05, 0.1) is 9.92 Å². The van der Waals surface area contributed by atoms with Gasteiger partial charge < -0.3 is 25.3 Å². The van der Waals surface area contributed by atoms with Crippen LogP contribution in [0, 0.1) is 5.92 Å². The standard InChI is InChI=1S/C22H28ClN5O4S/c23-16-13-25-17-3-1-4-19(21(16)17)33(31,32)26-18(8-12-27-9-2-5-20(27)24)22(30)28-10-6-15(14-29)7-11-28/h1-5,9,13,15,18,25-26,29H,6-8,10-12,14,24H2. The first-order chi connectivity index (χ1) is 15.8. The zero-order chi connectivity index (χ0) is 23.6. The van der Waals surface area contributed by atoms with Crippen molar-refractivity contribution in [2.75, 3.05) is 25.4 Å². The molecule has 3 aromatic rings. The highest BCUT2D eigenvalue weighted by atomic mass is 35.5. The van der Waals surface area contributed by atoms with Crippen LogP contribution in [0.3, 0.4) is 0 Å². The number of piperidine rings is 1. The number of carbonyl (C=O) groups excluding carboxylic acids is 1. The van der Waals surface area contributed by atoms with E-state index in [0.717, 1.165) is 0 Å². The van der Waals surface area contributed by atoms with Crippen LogP contribution in [0.25, 0.3) is 10.9 Å². The van der Waals surface area contributed by atoms with E-state index in [1.807, 2.05) is 0 Å². The number of aliphatic hydroxyl groups is 1. The Kier molecular flexibility index (Phi) is 6.99. The number of halogens is 1. The molecule has 4 rings (SSSR count). The molecule has 0 aliphatic carbocycles. The van der Waals surface area contributed by atoms with Gasteiger partial charge in [-0.1, -0.05) is 17.7 Å². The van der Waals surface area contributed by atoms with Crippen LogP contribution < -0.4 is 10.5 Å². The molecule has 1 aromatic carbocycles. The number of aromatic amines is 1. The Morgan fingerprint density at radius 2 is 2.03 bits per heavy atom. The zero-order valence-corrected chi connectivity index (χ0v) is 19.6. The number of likely N-dealkylation sites (tertiary alicyclic amines) is 1. The molecule has 1 atom stereocenters. The second kappa shape index (κ2) is 9.76. The number of carbonyl (C=O) groups is 1. The maximum Gasteiger partial charge on any atom is 0.242 e. The molecule has 0 bridgehead atoms. The number of aliphatic hydroxyl groups excluding tert-OH is 1. The van der Waals surface area contributed by atoms with E-state index in [0.29, 0.717) is 54.2 Å². The van der Waals surface area contributed by atoms with Crippen molar-refractivity contribution in [2.24, 2.45) is 5.92 Å². The second-order valence-corrected chi connectivity index (χ2v) is 10.4. The van der Waals surface area contributed by atoms with Crippen LogP contribution in [0.2, 0.25) is 5.02 Å². The van der Waals surface area contributed by atoms with Gasteiger partial charge in [-0.05, 0) is 49.4 Å². The van der Waals surface area contributed by atoms with Crippen LogP contribution in [-0.4, -0.2) is 59.6 Å². The minimum atomic E-state index is -4.06. The third-order valence-electron chi connectivity index (χ3n) is 6.21. The van der Waals surface area contributed by atoms with E-state index in [2.05, 4.69) is 9.71 Å². The van der Waals surface area contributed by atoms with Gasteiger partial charge in [0, 0.05) is 49.5 Å². The molecule has 0 spiro atoms. The highest BCUT2D eigenvalue weighted by Gasteiger charge is 2.32. The minimum absolute atomic E-state index is 0.0171.